The number of fused-ring (bicyclic) bond motifs is 5. The summed E-state index contributed by atoms with van der Waals surface area (Å²) in [5.41, 5.74) is 3.71. The topological polar surface area (TPSA) is 60.4 Å². The molecule has 0 aliphatic rings. The summed E-state index contributed by atoms with van der Waals surface area (Å²) in [5.74, 6) is 0.698. The number of nitrogens with zero attached hydrogens (tertiary/aromatic N) is 3. The lowest BCUT2D eigenvalue weighted by Gasteiger charge is -2.10. The highest BCUT2D eigenvalue weighted by Gasteiger charge is 2.15. The van der Waals surface area contributed by atoms with E-state index < -0.39 is 0 Å². The Hall–Kier alpha value is -3.73. The maximum Gasteiger partial charge on any atom is 0.270 e. The maximum absolute atomic E-state index is 11.2. The number of rotatable bonds is 2. The molecule has 0 amide bonds. The Morgan fingerprint density at radius 3 is 2.54 bits per heavy atom. The number of nitro groups is 1. The Balaban J connectivity index is 1.97. The van der Waals surface area contributed by atoms with Gasteiger partial charge in [-0.1, -0.05) is 48.5 Å². The molecule has 5 aromatic rings. The predicted octanol–water partition coefficient (Wildman–Crippen LogP) is 5.22. The molecule has 2 heterocycles. The van der Waals surface area contributed by atoms with Gasteiger partial charge in [-0.3, -0.25) is 14.5 Å². The fourth-order valence-corrected chi connectivity index (χ4v) is 3.49. The Morgan fingerprint density at radius 1 is 0.846 bits per heavy atom. The Labute approximate surface area is 148 Å². The number of hydrogen-bond donors (Lipinski definition) is 0. The molecule has 0 saturated carbocycles. The van der Waals surface area contributed by atoms with Crippen LogP contribution in [-0.4, -0.2) is 14.3 Å². The standard InChI is InChI=1S/C21H13N3O2/c25-24(26)16-8-5-7-15(12-16)21-22-18-10-3-2-9-17(18)20-13-14-6-1-4-11-19(14)23(20)21/h1-13H. The first-order valence-electron chi connectivity index (χ1n) is 8.26. The third-order valence-corrected chi connectivity index (χ3v) is 4.64. The molecule has 0 N–H and O–H groups in total. The number of nitro benzene ring substituents is 1. The van der Waals surface area contributed by atoms with E-state index in [4.69, 9.17) is 4.98 Å². The van der Waals surface area contributed by atoms with Gasteiger partial charge in [0, 0.05) is 28.5 Å². The van der Waals surface area contributed by atoms with E-state index in [1.807, 2.05) is 48.5 Å². The highest BCUT2D eigenvalue weighted by atomic mass is 16.6. The summed E-state index contributed by atoms with van der Waals surface area (Å²) in [5, 5.41) is 13.4. The fraction of sp³-hybridized carbons (Fsp3) is 0. The molecule has 0 aliphatic heterocycles. The zero-order valence-corrected chi connectivity index (χ0v) is 13.7. The Kier molecular flexibility index (Phi) is 3.03. The number of non-ortho nitro benzene ring substituents is 1. The third kappa shape index (κ3) is 2.07. The van der Waals surface area contributed by atoms with Crippen molar-refractivity contribution in [1.82, 2.24) is 9.38 Å². The van der Waals surface area contributed by atoms with Gasteiger partial charge in [-0.15, -0.1) is 0 Å². The minimum Gasteiger partial charge on any atom is -0.293 e. The van der Waals surface area contributed by atoms with Crippen molar-refractivity contribution >= 4 is 33.0 Å². The molecule has 3 aromatic carbocycles. The molecule has 2 aromatic heterocycles. The first-order chi connectivity index (χ1) is 12.7. The quantitative estimate of drug-likeness (QED) is 0.327. The predicted molar refractivity (Wildman–Crippen MR) is 102 cm³/mol. The molecule has 26 heavy (non-hydrogen) atoms. The van der Waals surface area contributed by atoms with Gasteiger partial charge in [0.1, 0.15) is 5.82 Å². The van der Waals surface area contributed by atoms with Gasteiger partial charge in [-0.05, 0) is 18.2 Å². The van der Waals surface area contributed by atoms with Crippen LogP contribution >= 0.6 is 0 Å². The molecule has 5 rings (SSSR count). The van der Waals surface area contributed by atoms with Gasteiger partial charge >= 0.3 is 0 Å². The van der Waals surface area contributed by atoms with Gasteiger partial charge in [0.2, 0.25) is 0 Å². The first kappa shape index (κ1) is 14.6. The van der Waals surface area contributed by atoms with Crippen molar-refractivity contribution in [3.8, 4) is 11.4 Å². The van der Waals surface area contributed by atoms with Gasteiger partial charge in [0.15, 0.2) is 0 Å². The van der Waals surface area contributed by atoms with Crippen LogP contribution in [0, 0.1) is 10.1 Å². The van der Waals surface area contributed by atoms with Crippen molar-refractivity contribution in [3.05, 3.63) is 89.0 Å². The van der Waals surface area contributed by atoms with Gasteiger partial charge in [-0.2, -0.15) is 0 Å². The third-order valence-electron chi connectivity index (χ3n) is 4.64. The van der Waals surface area contributed by atoms with Crippen LogP contribution in [0.2, 0.25) is 0 Å². The van der Waals surface area contributed by atoms with Crippen LogP contribution in [-0.2, 0) is 0 Å². The molecule has 0 spiro atoms. The summed E-state index contributed by atoms with van der Waals surface area (Å²) >= 11 is 0. The van der Waals surface area contributed by atoms with Crippen LogP contribution in [0.25, 0.3) is 38.7 Å². The number of aromatic nitrogens is 2. The second-order valence-electron chi connectivity index (χ2n) is 6.18. The van der Waals surface area contributed by atoms with E-state index in [1.165, 1.54) is 6.07 Å². The summed E-state index contributed by atoms with van der Waals surface area (Å²) in [6.07, 6.45) is 0. The van der Waals surface area contributed by atoms with Gasteiger partial charge < -0.3 is 0 Å². The van der Waals surface area contributed by atoms with Crippen LogP contribution in [0.5, 0.6) is 0 Å². The molecule has 5 nitrogen and oxygen atoms in total. The second-order valence-corrected chi connectivity index (χ2v) is 6.18. The molecule has 0 radical (unpaired) electrons. The summed E-state index contributed by atoms with van der Waals surface area (Å²) in [6.45, 7) is 0. The number of para-hydroxylation sites is 2. The average Bonchev–Trinajstić information content (AvgIpc) is 3.07. The van der Waals surface area contributed by atoms with Crippen molar-refractivity contribution in [2.75, 3.05) is 0 Å². The zero-order chi connectivity index (χ0) is 17.7. The molecule has 0 fully saturated rings. The van der Waals surface area contributed by atoms with Crippen molar-refractivity contribution in [3.63, 3.8) is 0 Å². The van der Waals surface area contributed by atoms with Crippen LogP contribution in [0.4, 0.5) is 5.69 Å². The number of benzene rings is 3. The van der Waals surface area contributed by atoms with E-state index in [1.54, 1.807) is 12.1 Å². The van der Waals surface area contributed by atoms with E-state index in [9.17, 15) is 10.1 Å². The van der Waals surface area contributed by atoms with E-state index in [2.05, 4.69) is 16.5 Å². The molecule has 5 heteroatoms. The molecule has 0 saturated heterocycles. The lowest BCUT2D eigenvalue weighted by Crippen LogP contribution is -1.98. The van der Waals surface area contributed by atoms with Crippen molar-refractivity contribution < 1.29 is 4.92 Å². The summed E-state index contributed by atoms with van der Waals surface area (Å²) in [4.78, 5) is 15.7. The summed E-state index contributed by atoms with van der Waals surface area (Å²) < 4.78 is 2.08. The van der Waals surface area contributed by atoms with Crippen molar-refractivity contribution in [2.24, 2.45) is 0 Å². The molecule has 0 aliphatic carbocycles. The maximum atomic E-state index is 11.2. The first-order valence-corrected chi connectivity index (χ1v) is 8.26. The van der Waals surface area contributed by atoms with Crippen molar-refractivity contribution in [2.45, 2.75) is 0 Å². The molecular weight excluding hydrogens is 326 g/mol. The SMILES string of the molecule is O=[N+]([O-])c1cccc(-c2nc3ccccc3c3cc4ccccc4n23)c1. The fourth-order valence-electron chi connectivity index (χ4n) is 3.49. The van der Waals surface area contributed by atoms with Crippen LogP contribution in [0.15, 0.2) is 78.9 Å². The average molecular weight is 339 g/mol. The Bertz CT molecular complexity index is 1320. The van der Waals surface area contributed by atoms with E-state index in [0.717, 1.165) is 32.9 Å². The minimum absolute atomic E-state index is 0.0575. The highest BCUT2D eigenvalue weighted by molar-refractivity contribution is 6.02. The minimum atomic E-state index is -0.379. The normalized spacial score (nSPS) is 11.4. The highest BCUT2D eigenvalue weighted by Crippen LogP contribution is 2.32. The van der Waals surface area contributed by atoms with Crippen molar-refractivity contribution in [1.29, 1.82) is 0 Å². The zero-order valence-electron chi connectivity index (χ0n) is 13.7. The van der Waals surface area contributed by atoms with Crippen LogP contribution in [0.1, 0.15) is 0 Å². The lowest BCUT2D eigenvalue weighted by molar-refractivity contribution is -0.384. The van der Waals surface area contributed by atoms with Crippen LogP contribution < -0.4 is 0 Å². The second kappa shape index (κ2) is 5.39. The summed E-state index contributed by atoms with van der Waals surface area (Å²) in [7, 11) is 0. The smallest absolute Gasteiger partial charge is 0.270 e. The van der Waals surface area contributed by atoms with Crippen LogP contribution in [0.3, 0.4) is 0 Å². The number of hydrogen-bond acceptors (Lipinski definition) is 3. The molecule has 0 bridgehead atoms. The largest absolute Gasteiger partial charge is 0.293 e. The van der Waals surface area contributed by atoms with Gasteiger partial charge in [0.05, 0.1) is 21.5 Å². The van der Waals surface area contributed by atoms with E-state index in [-0.39, 0.29) is 10.6 Å². The van der Waals surface area contributed by atoms with E-state index in [0.29, 0.717) is 5.82 Å². The molecule has 124 valence electrons. The van der Waals surface area contributed by atoms with E-state index >= 15 is 0 Å². The Morgan fingerprint density at radius 2 is 1.65 bits per heavy atom. The molecule has 0 unspecified atom stereocenters. The van der Waals surface area contributed by atoms with Gasteiger partial charge in [0.25, 0.3) is 5.69 Å². The monoisotopic (exact) mass is 339 g/mol. The lowest BCUT2D eigenvalue weighted by atomic mass is 10.1. The van der Waals surface area contributed by atoms with Gasteiger partial charge in [-0.25, -0.2) is 4.98 Å². The molecular formula is C21H13N3O2. The summed E-state index contributed by atoms with van der Waals surface area (Å²) in [6, 6.07) is 24.8. The molecule has 0 atom stereocenters.